The maximum absolute atomic E-state index is 12.0. The number of benzene rings is 1. The largest absolute Gasteiger partial charge is 0.493 e. The summed E-state index contributed by atoms with van der Waals surface area (Å²) in [4.78, 5) is 12.0. The second-order valence-corrected chi connectivity index (χ2v) is 4.94. The fourth-order valence-corrected chi connectivity index (χ4v) is 1.81. The molecule has 0 aliphatic heterocycles. The molecule has 1 aromatic carbocycles. The molecular formula is C16H24O3. The highest BCUT2D eigenvalue weighted by Gasteiger charge is 2.11. The second kappa shape index (κ2) is 8.70. The van der Waals surface area contributed by atoms with Crippen LogP contribution in [0.4, 0.5) is 0 Å². The molecular weight excluding hydrogens is 240 g/mol. The zero-order valence-electron chi connectivity index (χ0n) is 12.1. The van der Waals surface area contributed by atoms with Crippen molar-refractivity contribution in [1.29, 1.82) is 0 Å². The summed E-state index contributed by atoms with van der Waals surface area (Å²) in [6.07, 6.45) is 2.13. The van der Waals surface area contributed by atoms with Crippen molar-refractivity contribution in [2.24, 2.45) is 5.92 Å². The Morgan fingerprint density at radius 1 is 1.26 bits per heavy atom. The summed E-state index contributed by atoms with van der Waals surface area (Å²) in [5.41, 5.74) is 0.605. The predicted molar refractivity (Wildman–Crippen MR) is 76.8 cm³/mol. The Bertz CT molecular complexity index is 385. The third kappa shape index (κ3) is 5.88. The minimum atomic E-state index is -0.0198. The van der Waals surface area contributed by atoms with Crippen LogP contribution in [0, 0.1) is 5.92 Å². The monoisotopic (exact) mass is 264 g/mol. The van der Waals surface area contributed by atoms with Gasteiger partial charge in [-0.05, 0) is 37.8 Å². The molecule has 0 N–H and O–H groups in total. The first-order valence-corrected chi connectivity index (χ1v) is 6.98. The standard InChI is InChI=1S/C16H24O3/c1-4-19-16-10-6-5-9-14(16)15(17)12-18-11-7-8-13(2)3/h5-6,9-10,13H,4,7-8,11-12H2,1-3H3. The van der Waals surface area contributed by atoms with Gasteiger partial charge in [0.1, 0.15) is 12.4 Å². The quantitative estimate of drug-likeness (QED) is 0.503. The Kier molecular flexibility index (Phi) is 7.19. The van der Waals surface area contributed by atoms with E-state index in [0.717, 1.165) is 12.8 Å². The fraction of sp³-hybridized carbons (Fsp3) is 0.562. The summed E-state index contributed by atoms with van der Waals surface area (Å²) in [5.74, 6) is 1.30. The number of ether oxygens (including phenoxy) is 2. The molecule has 19 heavy (non-hydrogen) atoms. The number of Topliss-reactive ketones (excluding diaryl/α,β-unsaturated/α-hetero) is 1. The van der Waals surface area contributed by atoms with E-state index in [1.54, 1.807) is 6.07 Å². The second-order valence-electron chi connectivity index (χ2n) is 4.94. The Morgan fingerprint density at radius 3 is 2.68 bits per heavy atom. The number of carbonyl (C=O) groups excluding carboxylic acids is 1. The number of hydrogen-bond donors (Lipinski definition) is 0. The highest BCUT2D eigenvalue weighted by atomic mass is 16.5. The molecule has 1 aromatic rings. The lowest BCUT2D eigenvalue weighted by molar-refractivity contribution is 0.0745. The van der Waals surface area contributed by atoms with Crippen LogP contribution >= 0.6 is 0 Å². The van der Waals surface area contributed by atoms with E-state index in [-0.39, 0.29) is 12.4 Å². The van der Waals surface area contributed by atoms with Gasteiger partial charge in [-0.25, -0.2) is 0 Å². The van der Waals surface area contributed by atoms with Crippen molar-refractivity contribution in [3.63, 3.8) is 0 Å². The average molecular weight is 264 g/mol. The van der Waals surface area contributed by atoms with E-state index in [9.17, 15) is 4.79 Å². The van der Waals surface area contributed by atoms with E-state index in [2.05, 4.69) is 13.8 Å². The van der Waals surface area contributed by atoms with Gasteiger partial charge in [-0.1, -0.05) is 26.0 Å². The minimum absolute atomic E-state index is 0.0198. The van der Waals surface area contributed by atoms with Crippen LogP contribution in [0.15, 0.2) is 24.3 Å². The van der Waals surface area contributed by atoms with Gasteiger partial charge in [0, 0.05) is 6.61 Å². The molecule has 0 bridgehead atoms. The molecule has 0 heterocycles. The van der Waals surface area contributed by atoms with Crippen LogP contribution in [0.25, 0.3) is 0 Å². The van der Waals surface area contributed by atoms with Crippen molar-refractivity contribution in [3.05, 3.63) is 29.8 Å². The molecule has 0 saturated carbocycles. The zero-order chi connectivity index (χ0) is 14.1. The lowest BCUT2D eigenvalue weighted by Gasteiger charge is -2.09. The Hall–Kier alpha value is -1.35. The fourth-order valence-electron chi connectivity index (χ4n) is 1.81. The molecule has 1 rings (SSSR count). The van der Waals surface area contributed by atoms with Gasteiger partial charge in [-0.15, -0.1) is 0 Å². The van der Waals surface area contributed by atoms with Crippen molar-refractivity contribution in [3.8, 4) is 5.75 Å². The molecule has 0 unspecified atom stereocenters. The maximum Gasteiger partial charge on any atom is 0.192 e. The molecule has 106 valence electrons. The lowest BCUT2D eigenvalue weighted by atomic mass is 10.1. The van der Waals surface area contributed by atoms with E-state index >= 15 is 0 Å². The van der Waals surface area contributed by atoms with Gasteiger partial charge in [0.2, 0.25) is 0 Å². The molecule has 0 radical (unpaired) electrons. The van der Waals surface area contributed by atoms with Gasteiger partial charge in [0.15, 0.2) is 5.78 Å². The van der Waals surface area contributed by atoms with Gasteiger partial charge in [0.25, 0.3) is 0 Å². The SMILES string of the molecule is CCOc1ccccc1C(=O)COCCCC(C)C. The maximum atomic E-state index is 12.0. The van der Waals surface area contributed by atoms with Crippen LogP contribution in [0.3, 0.4) is 0 Å². The first-order chi connectivity index (χ1) is 9.15. The van der Waals surface area contributed by atoms with Crippen LogP contribution in [-0.4, -0.2) is 25.6 Å². The van der Waals surface area contributed by atoms with Crippen molar-refractivity contribution >= 4 is 5.78 Å². The number of rotatable bonds is 9. The van der Waals surface area contributed by atoms with Crippen LogP contribution in [0.2, 0.25) is 0 Å². The number of hydrogen-bond acceptors (Lipinski definition) is 3. The predicted octanol–water partition coefficient (Wildman–Crippen LogP) is 3.72. The normalized spacial score (nSPS) is 10.7. The molecule has 0 aliphatic carbocycles. The van der Waals surface area contributed by atoms with Crippen LogP contribution in [0.5, 0.6) is 5.75 Å². The first-order valence-electron chi connectivity index (χ1n) is 6.98. The highest BCUT2D eigenvalue weighted by Crippen LogP contribution is 2.18. The van der Waals surface area contributed by atoms with Gasteiger partial charge in [0.05, 0.1) is 12.2 Å². The summed E-state index contributed by atoms with van der Waals surface area (Å²) < 4.78 is 10.9. The molecule has 0 saturated heterocycles. The Balaban J connectivity index is 2.41. The van der Waals surface area contributed by atoms with Crippen LogP contribution < -0.4 is 4.74 Å². The van der Waals surface area contributed by atoms with Crippen molar-refractivity contribution < 1.29 is 14.3 Å². The first kappa shape index (κ1) is 15.7. The van der Waals surface area contributed by atoms with Crippen LogP contribution in [-0.2, 0) is 4.74 Å². The van der Waals surface area contributed by atoms with Gasteiger partial charge >= 0.3 is 0 Å². The van der Waals surface area contributed by atoms with E-state index in [0.29, 0.717) is 30.4 Å². The average Bonchev–Trinajstić information content (AvgIpc) is 2.39. The van der Waals surface area contributed by atoms with Gasteiger partial charge < -0.3 is 9.47 Å². The smallest absolute Gasteiger partial charge is 0.192 e. The van der Waals surface area contributed by atoms with Crippen molar-refractivity contribution in [2.45, 2.75) is 33.6 Å². The third-order valence-electron chi connectivity index (χ3n) is 2.79. The highest BCUT2D eigenvalue weighted by molar-refractivity contribution is 5.99. The topological polar surface area (TPSA) is 35.5 Å². The number of ketones is 1. The number of carbonyl (C=O) groups is 1. The minimum Gasteiger partial charge on any atom is -0.493 e. The summed E-state index contributed by atoms with van der Waals surface area (Å²) in [5, 5.41) is 0. The summed E-state index contributed by atoms with van der Waals surface area (Å²) in [6, 6.07) is 7.31. The van der Waals surface area contributed by atoms with E-state index in [4.69, 9.17) is 9.47 Å². The number of para-hydroxylation sites is 1. The Morgan fingerprint density at radius 2 is 2.00 bits per heavy atom. The molecule has 0 amide bonds. The van der Waals surface area contributed by atoms with Crippen LogP contribution in [0.1, 0.15) is 44.0 Å². The Labute approximate surface area is 115 Å². The van der Waals surface area contributed by atoms with E-state index < -0.39 is 0 Å². The zero-order valence-corrected chi connectivity index (χ0v) is 12.1. The molecule has 0 atom stereocenters. The summed E-state index contributed by atoms with van der Waals surface area (Å²) in [7, 11) is 0. The molecule has 0 spiro atoms. The molecule has 0 aliphatic rings. The van der Waals surface area contributed by atoms with Crippen molar-refractivity contribution in [2.75, 3.05) is 19.8 Å². The summed E-state index contributed by atoms with van der Waals surface area (Å²) in [6.45, 7) is 7.60. The lowest BCUT2D eigenvalue weighted by Crippen LogP contribution is -2.12. The van der Waals surface area contributed by atoms with Gasteiger partial charge in [-0.3, -0.25) is 4.79 Å². The van der Waals surface area contributed by atoms with Gasteiger partial charge in [-0.2, -0.15) is 0 Å². The molecule has 0 aromatic heterocycles. The third-order valence-corrected chi connectivity index (χ3v) is 2.79. The molecule has 0 fully saturated rings. The summed E-state index contributed by atoms with van der Waals surface area (Å²) >= 11 is 0. The molecule has 3 nitrogen and oxygen atoms in total. The van der Waals surface area contributed by atoms with Crippen molar-refractivity contribution in [1.82, 2.24) is 0 Å². The molecule has 3 heteroatoms. The van der Waals surface area contributed by atoms with E-state index in [1.165, 1.54) is 0 Å². The van der Waals surface area contributed by atoms with E-state index in [1.807, 2.05) is 25.1 Å².